The molecule has 2 rings (SSSR count). The molecule has 22 heavy (non-hydrogen) atoms. The molecule has 1 unspecified atom stereocenters. The van der Waals surface area contributed by atoms with Gasteiger partial charge in [-0.2, -0.15) is 0 Å². The van der Waals surface area contributed by atoms with E-state index in [1.54, 1.807) is 24.0 Å². The summed E-state index contributed by atoms with van der Waals surface area (Å²) in [6.45, 7) is 6.49. The van der Waals surface area contributed by atoms with E-state index in [1.807, 2.05) is 11.8 Å². The number of rotatable bonds is 4. The zero-order valence-electron chi connectivity index (χ0n) is 13.0. The van der Waals surface area contributed by atoms with Crippen LogP contribution in [-0.2, 0) is 9.59 Å². The van der Waals surface area contributed by atoms with Gasteiger partial charge in [0.1, 0.15) is 5.82 Å². The van der Waals surface area contributed by atoms with Gasteiger partial charge in [-0.1, -0.05) is 12.1 Å². The van der Waals surface area contributed by atoms with Gasteiger partial charge in [0.25, 0.3) is 0 Å². The third-order valence-corrected chi connectivity index (χ3v) is 3.93. The minimum absolute atomic E-state index is 0.0619. The maximum Gasteiger partial charge on any atom is 0.234 e. The van der Waals surface area contributed by atoms with Crippen LogP contribution in [0.3, 0.4) is 0 Å². The van der Waals surface area contributed by atoms with Gasteiger partial charge in [0.2, 0.25) is 11.8 Å². The summed E-state index contributed by atoms with van der Waals surface area (Å²) >= 11 is 0. The van der Waals surface area contributed by atoms with Crippen molar-refractivity contribution in [2.24, 2.45) is 0 Å². The Hall–Kier alpha value is -1.95. The molecule has 0 saturated carbocycles. The Labute approximate surface area is 130 Å². The van der Waals surface area contributed by atoms with Crippen molar-refractivity contribution in [3.8, 4) is 0 Å². The van der Waals surface area contributed by atoms with Crippen molar-refractivity contribution in [1.29, 1.82) is 0 Å². The maximum atomic E-state index is 12.9. The van der Waals surface area contributed by atoms with Crippen LogP contribution in [0.25, 0.3) is 0 Å². The van der Waals surface area contributed by atoms with Crippen molar-refractivity contribution in [3.63, 3.8) is 0 Å². The van der Waals surface area contributed by atoms with E-state index in [4.69, 9.17) is 0 Å². The van der Waals surface area contributed by atoms with Crippen molar-refractivity contribution in [2.75, 3.05) is 32.7 Å². The monoisotopic (exact) mass is 307 g/mol. The van der Waals surface area contributed by atoms with Gasteiger partial charge >= 0.3 is 0 Å². The second-order valence-corrected chi connectivity index (χ2v) is 5.62. The first kappa shape index (κ1) is 16.4. The summed E-state index contributed by atoms with van der Waals surface area (Å²) in [4.78, 5) is 27.1. The standard InChI is InChI=1S/C16H22FN3O2/c1-12(14-3-5-15(17)6-4-14)18-16(22)11-19-7-9-20(10-8-19)13(2)21/h3-6,12H,7-11H2,1-2H3,(H,18,22). The smallest absolute Gasteiger partial charge is 0.234 e. The van der Waals surface area contributed by atoms with Crippen LogP contribution in [0.1, 0.15) is 25.5 Å². The largest absolute Gasteiger partial charge is 0.348 e. The van der Waals surface area contributed by atoms with Gasteiger partial charge in [-0.3, -0.25) is 14.5 Å². The van der Waals surface area contributed by atoms with Crippen LogP contribution >= 0.6 is 0 Å². The first-order valence-corrected chi connectivity index (χ1v) is 7.48. The molecular weight excluding hydrogens is 285 g/mol. The summed E-state index contributed by atoms with van der Waals surface area (Å²) in [6.07, 6.45) is 0. The highest BCUT2D eigenvalue weighted by molar-refractivity contribution is 5.78. The Morgan fingerprint density at radius 1 is 1.18 bits per heavy atom. The van der Waals surface area contributed by atoms with Crippen LogP contribution < -0.4 is 5.32 Å². The lowest BCUT2D eigenvalue weighted by Crippen LogP contribution is -2.50. The van der Waals surface area contributed by atoms with E-state index >= 15 is 0 Å². The Bertz CT molecular complexity index is 525. The molecule has 0 radical (unpaired) electrons. The second-order valence-electron chi connectivity index (χ2n) is 5.62. The number of nitrogens with one attached hydrogen (secondary N) is 1. The molecule has 0 aromatic heterocycles. The van der Waals surface area contributed by atoms with Crippen molar-refractivity contribution in [1.82, 2.24) is 15.1 Å². The van der Waals surface area contributed by atoms with Crippen LogP contribution in [0.2, 0.25) is 0 Å². The van der Waals surface area contributed by atoms with E-state index < -0.39 is 0 Å². The SMILES string of the molecule is CC(=O)N1CCN(CC(=O)NC(C)c2ccc(F)cc2)CC1. The molecular formula is C16H22FN3O2. The summed E-state index contributed by atoms with van der Waals surface area (Å²) in [7, 11) is 0. The topological polar surface area (TPSA) is 52.7 Å². The number of benzene rings is 1. The van der Waals surface area contributed by atoms with Gasteiger partial charge in [0, 0.05) is 33.1 Å². The van der Waals surface area contributed by atoms with Gasteiger partial charge in [-0.25, -0.2) is 4.39 Å². The lowest BCUT2D eigenvalue weighted by Gasteiger charge is -2.33. The molecule has 2 amide bonds. The predicted molar refractivity (Wildman–Crippen MR) is 81.7 cm³/mol. The molecule has 1 aromatic rings. The van der Waals surface area contributed by atoms with E-state index in [9.17, 15) is 14.0 Å². The Balaban J connectivity index is 1.78. The number of hydrogen-bond acceptors (Lipinski definition) is 3. The lowest BCUT2D eigenvalue weighted by molar-refractivity contribution is -0.131. The maximum absolute atomic E-state index is 12.9. The number of piperazine rings is 1. The quantitative estimate of drug-likeness (QED) is 0.908. The average molecular weight is 307 g/mol. The van der Waals surface area contributed by atoms with Gasteiger partial charge in [0.05, 0.1) is 12.6 Å². The number of amides is 2. The number of hydrogen-bond donors (Lipinski definition) is 1. The molecule has 6 heteroatoms. The van der Waals surface area contributed by atoms with Gasteiger partial charge < -0.3 is 10.2 Å². The van der Waals surface area contributed by atoms with Crippen molar-refractivity contribution >= 4 is 11.8 Å². The molecule has 120 valence electrons. The Morgan fingerprint density at radius 3 is 2.32 bits per heavy atom. The van der Waals surface area contributed by atoms with Crippen LogP contribution in [0.4, 0.5) is 4.39 Å². The molecule has 1 aliphatic heterocycles. The lowest BCUT2D eigenvalue weighted by atomic mass is 10.1. The van der Waals surface area contributed by atoms with Gasteiger partial charge in [-0.05, 0) is 24.6 Å². The predicted octanol–water partition coefficient (Wildman–Crippen LogP) is 1.17. The number of nitrogens with zero attached hydrogens (tertiary/aromatic N) is 2. The molecule has 0 spiro atoms. The fraction of sp³-hybridized carbons (Fsp3) is 0.500. The van der Waals surface area contributed by atoms with E-state index in [2.05, 4.69) is 5.32 Å². The first-order valence-electron chi connectivity index (χ1n) is 7.48. The molecule has 0 bridgehead atoms. The third kappa shape index (κ3) is 4.53. The molecule has 1 aliphatic rings. The molecule has 1 heterocycles. The molecule has 5 nitrogen and oxygen atoms in total. The highest BCUT2D eigenvalue weighted by Crippen LogP contribution is 2.12. The van der Waals surface area contributed by atoms with Crippen LogP contribution in [0, 0.1) is 5.82 Å². The van der Waals surface area contributed by atoms with Crippen molar-refractivity contribution in [3.05, 3.63) is 35.6 Å². The summed E-state index contributed by atoms with van der Waals surface area (Å²) in [5, 5.41) is 2.91. The third-order valence-electron chi connectivity index (χ3n) is 3.93. The molecule has 1 N–H and O–H groups in total. The summed E-state index contributed by atoms with van der Waals surface area (Å²) in [5.41, 5.74) is 0.871. The summed E-state index contributed by atoms with van der Waals surface area (Å²) in [5.74, 6) is -0.271. The zero-order valence-corrected chi connectivity index (χ0v) is 13.0. The van der Waals surface area contributed by atoms with Crippen LogP contribution in [-0.4, -0.2) is 54.3 Å². The minimum Gasteiger partial charge on any atom is -0.348 e. The number of carbonyl (C=O) groups excluding carboxylic acids is 2. The fourth-order valence-electron chi connectivity index (χ4n) is 2.55. The first-order chi connectivity index (χ1) is 10.5. The summed E-state index contributed by atoms with van der Waals surface area (Å²) in [6, 6.07) is 5.96. The zero-order chi connectivity index (χ0) is 16.1. The molecule has 0 aliphatic carbocycles. The van der Waals surface area contributed by atoms with Crippen molar-refractivity contribution < 1.29 is 14.0 Å². The normalized spacial score (nSPS) is 17.1. The van der Waals surface area contributed by atoms with Crippen LogP contribution in [0.15, 0.2) is 24.3 Å². The number of carbonyl (C=O) groups is 2. The molecule has 1 aromatic carbocycles. The second kappa shape index (κ2) is 7.35. The molecule has 1 saturated heterocycles. The highest BCUT2D eigenvalue weighted by Gasteiger charge is 2.20. The van der Waals surface area contributed by atoms with E-state index in [0.717, 1.165) is 5.56 Å². The fourth-order valence-corrected chi connectivity index (χ4v) is 2.55. The van der Waals surface area contributed by atoms with E-state index in [-0.39, 0.29) is 23.7 Å². The summed E-state index contributed by atoms with van der Waals surface area (Å²) < 4.78 is 12.9. The van der Waals surface area contributed by atoms with E-state index in [1.165, 1.54) is 12.1 Å². The van der Waals surface area contributed by atoms with Gasteiger partial charge in [0.15, 0.2) is 0 Å². The minimum atomic E-state index is -0.286. The van der Waals surface area contributed by atoms with E-state index in [0.29, 0.717) is 32.7 Å². The Kier molecular flexibility index (Phi) is 5.49. The molecule has 1 atom stereocenters. The average Bonchev–Trinajstić information content (AvgIpc) is 2.48. The van der Waals surface area contributed by atoms with Crippen molar-refractivity contribution in [2.45, 2.75) is 19.9 Å². The van der Waals surface area contributed by atoms with Crippen LogP contribution in [0.5, 0.6) is 0 Å². The van der Waals surface area contributed by atoms with Gasteiger partial charge in [-0.15, -0.1) is 0 Å². The molecule has 1 fully saturated rings. The number of halogens is 1. The highest BCUT2D eigenvalue weighted by atomic mass is 19.1. The Morgan fingerprint density at radius 2 is 1.77 bits per heavy atom.